The average Bonchev–Trinajstić information content (AvgIpc) is 3.25. The van der Waals surface area contributed by atoms with Gasteiger partial charge in [0.2, 0.25) is 0 Å². The van der Waals surface area contributed by atoms with Crippen LogP contribution in [0.3, 0.4) is 0 Å². The number of carbonyl (C=O) groups excluding carboxylic acids is 1. The van der Waals surface area contributed by atoms with Crippen LogP contribution in [0.2, 0.25) is 0 Å². The summed E-state index contributed by atoms with van der Waals surface area (Å²) in [5, 5.41) is 10.8. The molecule has 1 aromatic rings. The number of epoxide rings is 1. The smallest absolute Gasteiger partial charge is 0.313 e. The van der Waals surface area contributed by atoms with Crippen molar-refractivity contribution in [1.82, 2.24) is 0 Å². The maximum Gasteiger partial charge on any atom is 0.313 e. The van der Waals surface area contributed by atoms with Gasteiger partial charge in [-0.1, -0.05) is 53.7 Å². The number of rotatable bonds is 4. The van der Waals surface area contributed by atoms with Gasteiger partial charge in [0.15, 0.2) is 0 Å². The molecule has 4 nitrogen and oxygen atoms in total. The monoisotopic (exact) mass is 334 g/mol. The fourth-order valence-electron chi connectivity index (χ4n) is 2.65. The normalized spacial score (nSPS) is 19.0. The zero-order valence-electron chi connectivity index (χ0n) is 15.9. The van der Waals surface area contributed by atoms with Crippen LogP contribution in [0.1, 0.15) is 71.1 Å². The maximum absolute atomic E-state index is 12.3. The molecule has 0 aromatic heterocycles. The molecule has 0 bridgehead atoms. The molecule has 0 saturated carbocycles. The Kier molecular flexibility index (Phi) is 5.01. The van der Waals surface area contributed by atoms with Gasteiger partial charge in [-0.3, -0.25) is 4.79 Å². The first-order valence-electron chi connectivity index (χ1n) is 8.57. The molecular weight excluding hydrogens is 304 g/mol. The van der Waals surface area contributed by atoms with E-state index in [4.69, 9.17) is 9.47 Å². The Balaban J connectivity index is 2.39. The van der Waals surface area contributed by atoms with Gasteiger partial charge in [0.05, 0.1) is 12.5 Å². The third-order valence-corrected chi connectivity index (χ3v) is 4.42. The minimum absolute atomic E-state index is 0.0660. The van der Waals surface area contributed by atoms with E-state index < -0.39 is 0 Å². The van der Waals surface area contributed by atoms with E-state index in [0.717, 1.165) is 16.7 Å². The second-order valence-corrected chi connectivity index (χ2v) is 8.77. The van der Waals surface area contributed by atoms with Gasteiger partial charge in [-0.2, -0.15) is 0 Å². The van der Waals surface area contributed by atoms with E-state index in [1.807, 2.05) is 19.1 Å². The molecule has 1 heterocycles. The van der Waals surface area contributed by atoms with Crippen molar-refractivity contribution in [3.8, 4) is 5.75 Å². The molecule has 0 spiro atoms. The Morgan fingerprint density at radius 3 is 2.04 bits per heavy atom. The quantitative estimate of drug-likeness (QED) is 0.667. The van der Waals surface area contributed by atoms with Gasteiger partial charge in [0.25, 0.3) is 0 Å². The van der Waals surface area contributed by atoms with Crippen LogP contribution in [0, 0.1) is 0 Å². The van der Waals surface area contributed by atoms with Gasteiger partial charge in [-0.15, -0.1) is 0 Å². The van der Waals surface area contributed by atoms with E-state index in [2.05, 4.69) is 41.5 Å². The van der Waals surface area contributed by atoms with Crippen molar-refractivity contribution in [3.63, 3.8) is 0 Å². The van der Waals surface area contributed by atoms with Crippen molar-refractivity contribution in [1.29, 1.82) is 0 Å². The van der Waals surface area contributed by atoms with Crippen molar-refractivity contribution >= 4 is 5.97 Å². The van der Waals surface area contributed by atoms with Gasteiger partial charge >= 0.3 is 5.97 Å². The third kappa shape index (κ3) is 4.29. The second-order valence-electron chi connectivity index (χ2n) is 8.77. The van der Waals surface area contributed by atoms with Crippen LogP contribution in [0.25, 0.3) is 0 Å². The zero-order valence-corrected chi connectivity index (χ0v) is 15.9. The summed E-state index contributed by atoms with van der Waals surface area (Å²) >= 11 is 0. The predicted molar refractivity (Wildman–Crippen MR) is 94.6 cm³/mol. The summed E-state index contributed by atoms with van der Waals surface area (Å²) in [5.41, 5.74) is 2.16. The molecule has 1 fully saturated rings. The Morgan fingerprint density at radius 2 is 1.67 bits per heavy atom. The first kappa shape index (κ1) is 18.8. The molecule has 134 valence electrons. The van der Waals surface area contributed by atoms with Crippen LogP contribution >= 0.6 is 0 Å². The Labute approximate surface area is 145 Å². The molecule has 1 aromatic carbocycles. The number of phenols is 1. The molecule has 1 saturated heterocycles. The second kappa shape index (κ2) is 6.40. The van der Waals surface area contributed by atoms with E-state index in [1.165, 1.54) is 0 Å². The molecule has 1 N–H and O–H groups in total. The molecular formula is C20H30O4. The molecule has 0 radical (unpaired) electrons. The van der Waals surface area contributed by atoms with Crippen LogP contribution in [0.15, 0.2) is 12.1 Å². The van der Waals surface area contributed by atoms with E-state index in [0.29, 0.717) is 19.0 Å². The van der Waals surface area contributed by atoms with Crippen molar-refractivity contribution in [2.75, 3.05) is 13.2 Å². The van der Waals surface area contributed by atoms with E-state index >= 15 is 0 Å². The number of esters is 1. The lowest BCUT2D eigenvalue weighted by Crippen LogP contribution is -2.21. The molecule has 4 heteroatoms. The molecule has 2 unspecified atom stereocenters. The molecule has 2 rings (SSSR count). The highest BCUT2D eigenvalue weighted by atomic mass is 16.6. The maximum atomic E-state index is 12.3. The number of ether oxygens (including phenoxy) is 2. The van der Waals surface area contributed by atoms with Crippen LogP contribution < -0.4 is 0 Å². The predicted octanol–water partition coefficient (Wildman–Crippen LogP) is 4.03. The van der Waals surface area contributed by atoms with E-state index in [9.17, 15) is 9.90 Å². The standard InChI is InChI=1S/C20H30O4/c1-12(18(22)24-11-14-10-23-14)13-8-15(19(2,3)4)17(21)16(9-13)20(5,6)7/h8-9,12,14,21H,10-11H2,1-7H3. The largest absolute Gasteiger partial charge is 0.507 e. The first-order chi connectivity index (χ1) is 10.9. The van der Waals surface area contributed by atoms with Gasteiger partial charge in [-0.25, -0.2) is 0 Å². The average molecular weight is 334 g/mol. The fraction of sp³-hybridized carbons (Fsp3) is 0.650. The minimum Gasteiger partial charge on any atom is -0.507 e. The van der Waals surface area contributed by atoms with Gasteiger partial charge in [-0.05, 0) is 34.4 Å². The van der Waals surface area contributed by atoms with E-state index in [1.54, 1.807) is 0 Å². The molecule has 24 heavy (non-hydrogen) atoms. The van der Waals surface area contributed by atoms with Crippen molar-refractivity contribution in [2.45, 2.75) is 71.3 Å². The topological polar surface area (TPSA) is 59.1 Å². The molecule has 1 aliphatic rings. The lowest BCUT2D eigenvalue weighted by atomic mass is 9.77. The summed E-state index contributed by atoms with van der Waals surface area (Å²) in [5.74, 6) is -0.312. The minimum atomic E-state index is -0.383. The third-order valence-electron chi connectivity index (χ3n) is 4.42. The molecule has 0 aliphatic carbocycles. The van der Waals surface area contributed by atoms with Crippen LogP contribution in [-0.2, 0) is 25.1 Å². The van der Waals surface area contributed by atoms with Gasteiger partial charge in [0.1, 0.15) is 18.5 Å². The summed E-state index contributed by atoms with van der Waals surface area (Å²) in [6.45, 7) is 15.2. The lowest BCUT2D eigenvalue weighted by Gasteiger charge is -2.29. The van der Waals surface area contributed by atoms with Gasteiger partial charge < -0.3 is 14.6 Å². The number of phenolic OH excluding ortho intramolecular Hbond substituents is 1. The highest BCUT2D eigenvalue weighted by Crippen LogP contribution is 2.41. The number of benzene rings is 1. The Hall–Kier alpha value is -1.55. The summed E-state index contributed by atoms with van der Waals surface area (Å²) in [4.78, 5) is 12.3. The highest BCUT2D eigenvalue weighted by molar-refractivity contribution is 5.78. The molecule has 2 atom stereocenters. The fourth-order valence-corrected chi connectivity index (χ4v) is 2.65. The lowest BCUT2D eigenvalue weighted by molar-refractivity contribution is -0.145. The first-order valence-corrected chi connectivity index (χ1v) is 8.57. The Morgan fingerprint density at radius 1 is 1.21 bits per heavy atom. The van der Waals surface area contributed by atoms with Crippen molar-refractivity contribution in [2.24, 2.45) is 0 Å². The summed E-state index contributed by atoms with van der Waals surface area (Å²) in [7, 11) is 0. The number of aromatic hydroxyl groups is 1. The van der Waals surface area contributed by atoms with E-state index in [-0.39, 0.29) is 28.8 Å². The van der Waals surface area contributed by atoms with Gasteiger partial charge in [0, 0.05) is 0 Å². The summed E-state index contributed by atoms with van der Waals surface area (Å²) in [6, 6.07) is 3.87. The van der Waals surface area contributed by atoms with Crippen LogP contribution in [0.5, 0.6) is 5.75 Å². The van der Waals surface area contributed by atoms with Crippen molar-refractivity contribution in [3.05, 3.63) is 28.8 Å². The Bertz CT molecular complexity index is 581. The highest BCUT2D eigenvalue weighted by Gasteiger charge is 2.30. The number of hydrogen-bond donors (Lipinski definition) is 1. The summed E-state index contributed by atoms with van der Waals surface area (Å²) < 4.78 is 10.4. The zero-order chi connectivity index (χ0) is 18.3. The summed E-state index contributed by atoms with van der Waals surface area (Å²) in [6.07, 6.45) is 0.0660. The van der Waals surface area contributed by atoms with Crippen LogP contribution in [0.4, 0.5) is 0 Å². The molecule has 1 aliphatic heterocycles. The SMILES string of the molecule is CC(C(=O)OCC1CO1)c1cc(C(C)(C)C)c(O)c(C(C)(C)C)c1. The number of carbonyl (C=O) groups is 1. The van der Waals surface area contributed by atoms with Crippen molar-refractivity contribution < 1.29 is 19.4 Å². The molecule has 0 amide bonds. The number of hydrogen-bond acceptors (Lipinski definition) is 4. The van der Waals surface area contributed by atoms with Crippen LogP contribution in [-0.4, -0.2) is 30.4 Å².